The summed E-state index contributed by atoms with van der Waals surface area (Å²) in [6.07, 6.45) is 0.778. The molecule has 0 aromatic heterocycles. The van der Waals surface area contributed by atoms with Gasteiger partial charge in [0.25, 0.3) is 0 Å². The number of rotatable bonds is 3. The van der Waals surface area contributed by atoms with Crippen molar-refractivity contribution in [2.24, 2.45) is 0 Å². The van der Waals surface area contributed by atoms with Crippen molar-refractivity contribution in [3.63, 3.8) is 0 Å². The van der Waals surface area contributed by atoms with E-state index in [-0.39, 0.29) is 11.5 Å². The van der Waals surface area contributed by atoms with E-state index in [0.717, 1.165) is 44.7 Å². The van der Waals surface area contributed by atoms with Crippen molar-refractivity contribution in [2.45, 2.75) is 6.42 Å². The number of benzene rings is 1. The lowest BCUT2D eigenvalue weighted by Gasteiger charge is -2.27. The monoisotopic (exact) mass is 222 g/mol. The third-order valence-corrected chi connectivity index (χ3v) is 2.97. The van der Waals surface area contributed by atoms with Crippen LogP contribution in [-0.2, 0) is 6.42 Å². The number of piperazine rings is 1. The number of nitrogens with one attached hydrogen (secondary N) is 1. The first-order valence-electron chi connectivity index (χ1n) is 5.69. The van der Waals surface area contributed by atoms with Gasteiger partial charge in [-0.2, -0.15) is 0 Å². The van der Waals surface area contributed by atoms with E-state index in [1.54, 1.807) is 12.1 Å². The van der Waals surface area contributed by atoms with E-state index in [0.29, 0.717) is 0 Å². The third kappa shape index (κ3) is 2.87. The van der Waals surface area contributed by atoms with Gasteiger partial charge in [0.15, 0.2) is 0 Å². The molecule has 0 saturated carbocycles. The van der Waals surface area contributed by atoms with Gasteiger partial charge in [-0.05, 0) is 30.2 Å². The summed E-state index contributed by atoms with van der Waals surface area (Å²) in [5.41, 5.74) is 0.818. The number of hydrogen-bond acceptors (Lipinski definition) is 4. The summed E-state index contributed by atoms with van der Waals surface area (Å²) >= 11 is 0. The Balaban J connectivity index is 1.90. The van der Waals surface area contributed by atoms with Crippen molar-refractivity contribution in [2.75, 3.05) is 32.7 Å². The van der Waals surface area contributed by atoms with Gasteiger partial charge in [0, 0.05) is 32.7 Å². The molecular weight excluding hydrogens is 204 g/mol. The quantitative estimate of drug-likeness (QED) is 0.654. The van der Waals surface area contributed by atoms with Crippen molar-refractivity contribution in [3.05, 3.63) is 23.8 Å². The zero-order valence-electron chi connectivity index (χ0n) is 9.32. The second-order valence-corrected chi connectivity index (χ2v) is 4.15. The molecule has 0 atom stereocenters. The molecule has 3 N–H and O–H groups in total. The van der Waals surface area contributed by atoms with E-state index in [1.807, 2.05) is 0 Å². The van der Waals surface area contributed by atoms with Crippen molar-refractivity contribution in [3.8, 4) is 11.5 Å². The first-order valence-corrected chi connectivity index (χ1v) is 5.69. The Morgan fingerprint density at radius 1 is 1.19 bits per heavy atom. The van der Waals surface area contributed by atoms with E-state index in [9.17, 15) is 10.2 Å². The molecule has 1 aromatic rings. The van der Waals surface area contributed by atoms with Gasteiger partial charge in [0.05, 0.1) is 0 Å². The summed E-state index contributed by atoms with van der Waals surface area (Å²) in [5.74, 6) is 0.487. The highest BCUT2D eigenvalue weighted by Crippen LogP contribution is 2.22. The summed E-state index contributed by atoms with van der Waals surface area (Å²) in [6, 6.07) is 4.68. The molecule has 4 heteroatoms. The standard InChI is InChI=1S/C12H18N2O2/c15-11-1-2-12(16)10(9-11)3-6-14-7-4-13-5-8-14/h1-2,9,13,15-16H,3-8H2. The molecule has 0 bridgehead atoms. The molecule has 1 aromatic carbocycles. The maximum atomic E-state index is 9.62. The summed E-state index contributed by atoms with van der Waals surface area (Å²) in [4.78, 5) is 2.36. The Morgan fingerprint density at radius 3 is 2.69 bits per heavy atom. The lowest BCUT2D eigenvalue weighted by atomic mass is 10.1. The Morgan fingerprint density at radius 2 is 1.94 bits per heavy atom. The molecule has 1 heterocycles. The van der Waals surface area contributed by atoms with Gasteiger partial charge in [0.1, 0.15) is 11.5 Å². The SMILES string of the molecule is Oc1ccc(O)c(CCN2CCNCC2)c1. The smallest absolute Gasteiger partial charge is 0.119 e. The summed E-state index contributed by atoms with van der Waals surface area (Å²) < 4.78 is 0. The molecule has 2 rings (SSSR count). The molecule has 1 aliphatic heterocycles. The van der Waals surface area contributed by atoms with Crippen LogP contribution >= 0.6 is 0 Å². The van der Waals surface area contributed by atoms with Gasteiger partial charge in [0.2, 0.25) is 0 Å². The van der Waals surface area contributed by atoms with Gasteiger partial charge in [-0.25, -0.2) is 0 Å². The molecule has 88 valence electrons. The van der Waals surface area contributed by atoms with E-state index in [4.69, 9.17) is 0 Å². The van der Waals surface area contributed by atoms with Gasteiger partial charge in [-0.15, -0.1) is 0 Å². The number of hydrogen-bond donors (Lipinski definition) is 3. The van der Waals surface area contributed by atoms with Gasteiger partial charge in [-0.1, -0.05) is 0 Å². The topological polar surface area (TPSA) is 55.7 Å². The average molecular weight is 222 g/mol. The molecule has 16 heavy (non-hydrogen) atoms. The minimum absolute atomic E-state index is 0.216. The van der Waals surface area contributed by atoms with E-state index < -0.39 is 0 Å². The van der Waals surface area contributed by atoms with Crippen LogP contribution in [0.5, 0.6) is 11.5 Å². The molecule has 0 radical (unpaired) electrons. The number of nitrogens with zero attached hydrogens (tertiary/aromatic N) is 1. The fraction of sp³-hybridized carbons (Fsp3) is 0.500. The molecule has 0 amide bonds. The number of phenols is 2. The van der Waals surface area contributed by atoms with Crippen LogP contribution < -0.4 is 5.32 Å². The fourth-order valence-corrected chi connectivity index (χ4v) is 1.99. The Kier molecular flexibility index (Phi) is 3.64. The molecule has 0 unspecified atom stereocenters. The maximum absolute atomic E-state index is 9.62. The van der Waals surface area contributed by atoms with Crippen LogP contribution in [0.15, 0.2) is 18.2 Å². The molecule has 1 aliphatic rings. The maximum Gasteiger partial charge on any atom is 0.119 e. The van der Waals surface area contributed by atoms with E-state index in [2.05, 4.69) is 10.2 Å². The van der Waals surface area contributed by atoms with Gasteiger partial charge in [-0.3, -0.25) is 0 Å². The number of aromatic hydroxyl groups is 2. The van der Waals surface area contributed by atoms with Crippen LogP contribution in [-0.4, -0.2) is 47.8 Å². The van der Waals surface area contributed by atoms with E-state index >= 15 is 0 Å². The highest BCUT2D eigenvalue weighted by atomic mass is 16.3. The Hall–Kier alpha value is -1.26. The van der Waals surface area contributed by atoms with Crippen LogP contribution in [0, 0.1) is 0 Å². The Bertz CT molecular complexity index is 349. The van der Waals surface area contributed by atoms with E-state index in [1.165, 1.54) is 6.07 Å². The van der Waals surface area contributed by atoms with Crippen LogP contribution in [0.3, 0.4) is 0 Å². The zero-order valence-corrected chi connectivity index (χ0v) is 9.32. The van der Waals surface area contributed by atoms with Gasteiger partial charge < -0.3 is 20.4 Å². The first-order chi connectivity index (χ1) is 7.75. The van der Waals surface area contributed by atoms with Gasteiger partial charge >= 0.3 is 0 Å². The lowest BCUT2D eigenvalue weighted by Crippen LogP contribution is -2.44. The van der Waals surface area contributed by atoms with Crippen molar-refractivity contribution < 1.29 is 10.2 Å². The lowest BCUT2D eigenvalue weighted by molar-refractivity contribution is 0.243. The largest absolute Gasteiger partial charge is 0.508 e. The average Bonchev–Trinajstić information content (AvgIpc) is 2.32. The minimum atomic E-state index is 0.216. The van der Waals surface area contributed by atoms with Crippen molar-refractivity contribution in [1.29, 1.82) is 0 Å². The van der Waals surface area contributed by atoms with Crippen molar-refractivity contribution >= 4 is 0 Å². The number of phenolic OH excluding ortho intramolecular Hbond substituents is 2. The van der Waals surface area contributed by atoms with Crippen LogP contribution in [0.2, 0.25) is 0 Å². The molecule has 0 aliphatic carbocycles. The normalized spacial score (nSPS) is 17.5. The second-order valence-electron chi connectivity index (χ2n) is 4.15. The minimum Gasteiger partial charge on any atom is -0.508 e. The molecular formula is C12H18N2O2. The van der Waals surface area contributed by atoms with Crippen LogP contribution in [0.1, 0.15) is 5.56 Å². The summed E-state index contributed by atoms with van der Waals surface area (Å²) in [7, 11) is 0. The van der Waals surface area contributed by atoms with Crippen LogP contribution in [0.4, 0.5) is 0 Å². The van der Waals surface area contributed by atoms with Crippen LogP contribution in [0.25, 0.3) is 0 Å². The molecule has 1 saturated heterocycles. The highest BCUT2D eigenvalue weighted by molar-refractivity contribution is 5.38. The summed E-state index contributed by atoms with van der Waals surface area (Å²) in [6.45, 7) is 5.11. The molecule has 0 spiro atoms. The highest BCUT2D eigenvalue weighted by Gasteiger charge is 2.10. The Labute approximate surface area is 95.5 Å². The second kappa shape index (κ2) is 5.18. The fourth-order valence-electron chi connectivity index (χ4n) is 1.99. The summed E-state index contributed by atoms with van der Waals surface area (Å²) in [5, 5.41) is 22.3. The first kappa shape index (κ1) is 11.2. The molecule has 4 nitrogen and oxygen atoms in total. The molecule has 1 fully saturated rings. The zero-order chi connectivity index (χ0) is 11.4. The van der Waals surface area contributed by atoms with Crippen molar-refractivity contribution in [1.82, 2.24) is 10.2 Å². The third-order valence-electron chi connectivity index (χ3n) is 2.97. The predicted molar refractivity (Wildman–Crippen MR) is 62.8 cm³/mol. The predicted octanol–water partition coefficient (Wildman–Crippen LogP) is 0.546.